The lowest BCUT2D eigenvalue weighted by molar-refractivity contribution is -0.158. The third kappa shape index (κ3) is 2.71. The molecular formula is C15H17NO5. The molecule has 1 aromatic rings. The van der Waals surface area contributed by atoms with E-state index in [-0.39, 0.29) is 12.5 Å². The van der Waals surface area contributed by atoms with E-state index < -0.39 is 12.1 Å². The molecule has 2 heterocycles. The fourth-order valence-electron chi connectivity index (χ4n) is 2.61. The number of methoxy groups -OCH3 is 1. The number of esters is 1. The zero-order chi connectivity index (χ0) is 14.8. The van der Waals surface area contributed by atoms with Crippen molar-refractivity contribution in [2.24, 2.45) is 0 Å². The van der Waals surface area contributed by atoms with Crippen LogP contribution in [0.1, 0.15) is 15.9 Å². The van der Waals surface area contributed by atoms with Gasteiger partial charge >= 0.3 is 5.97 Å². The first kappa shape index (κ1) is 13.9. The maximum atomic E-state index is 12.5. The van der Waals surface area contributed by atoms with Gasteiger partial charge in [0.2, 0.25) is 0 Å². The topological polar surface area (TPSA) is 65.1 Å². The van der Waals surface area contributed by atoms with Crippen LogP contribution in [0.3, 0.4) is 0 Å². The van der Waals surface area contributed by atoms with Crippen molar-refractivity contribution >= 4 is 11.9 Å². The summed E-state index contributed by atoms with van der Waals surface area (Å²) in [4.78, 5) is 25.7. The van der Waals surface area contributed by atoms with Crippen LogP contribution in [0.15, 0.2) is 18.2 Å². The fraction of sp³-hybridized carbons (Fsp3) is 0.467. The number of rotatable bonds is 2. The molecule has 0 N–H and O–H groups in total. The average molecular weight is 291 g/mol. The molecule has 3 rings (SSSR count). The van der Waals surface area contributed by atoms with Gasteiger partial charge in [-0.15, -0.1) is 0 Å². The SMILES string of the molecule is COC(=O)C1CN(C(=O)c2ccc3c(c2)CCO3)CCO1. The monoisotopic (exact) mass is 291 g/mol. The molecular weight excluding hydrogens is 274 g/mol. The second-order valence-electron chi connectivity index (χ2n) is 5.05. The van der Waals surface area contributed by atoms with Crippen molar-refractivity contribution in [3.05, 3.63) is 29.3 Å². The van der Waals surface area contributed by atoms with E-state index >= 15 is 0 Å². The number of ether oxygens (including phenoxy) is 3. The fourth-order valence-corrected chi connectivity index (χ4v) is 2.61. The Labute approximate surface area is 122 Å². The van der Waals surface area contributed by atoms with Crippen LogP contribution in [-0.2, 0) is 20.7 Å². The second-order valence-corrected chi connectivity index (χ2v) is 5.05. The number of fused-ring (bicyclic) bond motifs is 1. The highest BCUT2D eigenvalue weighted by atomic mass is 16.6. The van der Waals surface area contributed by atoms with Crippen LogP contribution in [0.2, 0.25) is 0 Å². The molecule has 0 bridgehead atoms. The second kappa shape index (κ2) is 5.73. The van der Waals surface area contributed by atoms with Crippen molar-refractivity contribution in [3.8, 4) is 5.75 Å². The quantitative estimate of drug-likeness (QED) is 0.748. The summed E-state index contributed by atoms with van der Waals surface area (Å²) in [6.07, 6.45) is 0.120. The zero-order valence-corrected chi connectivity index (χ0v) is 11.8. The van der Waals surface area contributed by atoms with Crippen molar-refractivity contribution in [1.82, 2.24) is 4.90 Å². The highest BCUT2D eigenvalue weighted by Crippen LogP contribution is 2.26. The van der Waals surface area contributed by atoms with Gasteiger partial charge in [0.05, 0.1) is 26.9 Å². The van der Waals surface area contributed by atoms with Gasteiger partial charge < -0.3 is 19.1 Å². The number of carbonyl (C=O) groups excluding carboxylic acids is 2. The van der Waals surface area contributed by atoms with Crippen molar-refractivity contribution in [2.45, 2.75) is 12.5 Å². The lowest BCUT2D eigenvalue weighted by Gasteiger charge is -2.31. The largest absolute Gasteiger partial charge is 0.493 e. The van der Waals surface area contributed by atoms with Gasteiger partial charge in [-0.1, -0.05) is 0 Å². The molecule has 2 aliphatic rings. The Kier molecular flexibility index (Phi) is 3.79. The van der Waals surface area contributed by atoms with E-state index in [1.807, 2.05) is 12.1 Å². The summed E-state index contributed by atoms with van der Waals surface area (Å²) in [7, 11) is 1.31. The summed E-state index contributed by atoms with van der Waals surface area (Å²) in [5, 5.41) is 0. The zero-order valence-electron chi connectivity index (χ0n) is 11.8. The third-order valence-electron chi connectivity index (χ3n) is 3.75. The lowest BCUT2D eigenvalue weighted by atomic mass is 10.1. The number of hydrogen-bond donors (Lipinski definition) is 0. The van der Waals surface area contributed by atoms with Crippen LogP contribution in [-0.4, -0.2) is 56.3 Å². The van der Waals surface area contributed by atoms with Gasteiger partial charge in [0.25, 0.3) is 5.91 Å². The molecule has 112 valence electrons. The first-order valence-electron chi connectivity index (χ1n) is 6.93. The molecule has 6 heteroatoms. The molecule has 1 atom stereocenters. The van der Waals surface area contributed by atoms with Gasteiger partial charge in [0.15, 0.2) is 6.10 Å². The highest BCUT2D eigenvalue weighted by Gasteiger charge is 2.30. The number of amides is 1. The minimum atomic E-state index is -0.703. The molecule has 6 nitrogen and oxygen atoms in total. The Morgan fingerprint density at radius 2 is 2.19 bits per heavy atom. The summed E-state index contributed by atoms with van der Waals surface area (Å²) in [5.74, 6) is 0.303. The average Bonchev–Trinajstić information content (AvgIpc) is 3.01. The summed E-state index contributed by atoms with van der Waals surface area (Å²) in [6.45, 7) is 1.69. The van der Waals surface area contributed by atoms with Gasteiger partial charge in [0.1, 0.15) is 5.75 Å². The molecule has 1 unspecified atom stereocenters. The molecule has 0 aromatic heterocycles. The van der Waals surface area contributed by atoms with E-state index in [4.69, 9.17) is 9.47 Å². The summed E-state index contributed by atoms with van der Waals surface area (Å²) in [6, 6.07) is 5.45. The van der Waals surface area contributed by atoms with Crippen LogP contribution in [0, 0.1) is 0 Å². The van der Waals surface area contributed by atoms with Gasteiger partial charge in [0, 0.05) is 18.5 Å². The summed E-state index contributed by atoms with van der Waals surface area (Å²) >= 11 is 0. The number of morpholine rings is 1. The van der Waals surface area contributed by atoms with Gasteiger partial charge in [-0.3, -0.25) is 4.79 Å². The van der Waals surface area contributed by atoms with Gasteiger partial charge in [-0.25, -0.2) is 4.79 Å². The Morgan fingerprint density at radius 1 is 1.33 bits per heavy atom. The van der Waals surface area contributed by atoms with Crippen LogP contribution >= 0.6 is 0 Å². The van der Waals surface area contributed by atoms with E-state index in [1.54, 1.807) is 11.0 Å². The van der Waals surface area contributed by atoms with Crippen molar-refractivity contribution in [1.29, 1.82) is 0 Å². The maximum Gasteiger partial charge on any atom is 0.336 e. The molecule has 0 aliphatic carbocycles. The molecule has 21 heavy (non-hydrogen) atoms. The van der Waals surface area contributed by atoms with E-state index in [2.05, 4.69) is 4.74 Å². The number of nitrogens with zero attached hydrogens (tertiary/aromatic N) is 1. The molecule has 2 aliphatic heterocycles. The van der Waals surface area contributed by atoms with E-state index in [1.165, 1.54) is 7.11 Å². The molecule has 0 radical (unpaired) electrons. The van der Waals surface area contributed by atoms with Gasteiger partial charge in [-0.05, 0) is 23.8 Å². The van der Waals surface area contributed by atoms with E-state index in [9.17, 15) is 9.59 Å². The van der Waals surface area contributed by atoms with Crippen LogP contribution < -0.4 is 4.74 Å². The predicted octanol–water partition coefficient (Wildman–Crippen LogP) is 0.635. The van der Waals surface area contributed by atoms with Crippen LogP contribution in [0.5, 0.6) is 5.75 Å². The van der Waals surface area contributed by atoms with Crippen molar-refractivity contribution < 1.29 is 23.8 Å². The molecule has 1 aromatic carbocycles. The summed E-state index contributed by atoms with van der Waals surface area (Å²) in [5.41, 5.74) is 1.67. The first-order valence-corrected chi connectivity index (χ1v) is 6.93. The lowest BCUT2D eigenvalue weighted by Crippen LogP contribution is -2.48. The smallest absolute Gasteiger partial charge is 0.336 e. The Bertz CT molecular complexity index is 571. The normalized spacial score (nSPS) is 20.6. The summed E-state index contributed by atoms with van der Waals surface area (Å²) < 4.78 is 15.4. The third-order valence-corrected chi connectivity index (χ3v) is 3.75. The minimum absolute atomic E-state index is 0.0955. The number of hydrogen-bond acceptors (Lipinski definition) is 5. The standard InChI is InChI=1S/C15H17NO5/c1-19-15(18)13-9-16(5-7-21-13)14(17)11-2-3-12-10(8-11)4-6-20-12/h2-3,8,13H,4-7,9H2,1H3. The Morgan fingerprint density at radius 3 is 3.00 bits per heavy atom. The molecule has 0 saturated carbocycles. The van der Waals surface area contributed by atoms with Crippen molar-refractivity contribution in [3.63, 3.8) is 0 Å². The minimum Gasteiger partial charge on any atom is -0.493 e. The van der Waals surface area contributed by atoms with E-state index in [0.717, 1.165) is 17.7 Å². The van der Waals surface area contributed by atoms with Crippen LogP contribution in [0.4, 0.5) is 0 Å². The Balaban J connectivity index is 1.74. The highest BCUT2D eigenvalue weighted by molar-refractivity contribution is 5.95. The Hall–Kier alpha value is -2.08. The van der Waals surface area contributed by atoms with Gasteiger partial charge in [-0.2, -0.15) is 0 Å². The van der Waals surface area contributed by atoms with E-state index in [0.29, 0.717) is 25.3 Å². The first-order chi connectivity index (χ1) is 10.2. The molecule has 1 saturated heterocycles. The molecule has 0 spiro atoms. The van der Waals surface area contributed by atoms with Crippen molar-refractivity contribution in [2.75, 3.05) is 33.4 Å². The number of carbonyl (C=O) groups is 2. The molecule has 1 fully saturated rings. The number of benzene rings is 1. The van der Waals surface area contributed by atoms with Crippen LogP contribution in [0.25, 0.3) is 0 Å². The molecule has 1 amide bonds. The predicted molar refractivity (Wildman–Crippen MR) is 73.3 cm³/mol. The maximum absolute atomic E-state index is 12.5.